The first kappa shape index (κ1) is 30.4. The van der Waals surface area contributed by atoms with Gasteiger partial charge in [0.1, 0.15) is 11.5 Å². The summed E-state index contributed by atoms with van der Waals surface area (Å²) in [5.41, 5.74) is 10.1. The van der Waals surface area contributed by atoms with Crippen molar-refractivity contribution in [3.05, 3.63) is 48.5 Å². The maximum atomic E-state index is 6.42. The standard InChI is InChI=1S/C27H42N8O3/c1-18(15-19(2)36-8)35(32-20(3)21(4)37-9)26-11-12-29-27(31-26)30-23-16-22(28)24(17-25(23)38-10)34(7)14-13-33(5)6/h11-12,15-17,21H,2,13-14,28H2,1,3-10H3,(H,29,30,31)/b18-15+,32-20-. The van der Waals surface area contributed by atoms with Crippen LogP contribution in [0.25, 0.3) is 0 Å². The number of hydrazone groups is 1. The van der Waals surface area contributed by atoms with Gasteiger partial charge in [0.15, 0.2) is 5.82 Å². The van der Waals surface area contributed by atoms with Crippen LogP contribution in [0.1, 0.15) is 20.8 Å². The van der Waals surface area contributed by atoms with E-state index in [4.69, 9.17) is 30.0 Å². The van der Waals surface area contributed by atoms with Crippen molar-refractivity contribution < 1.29 is 14.2 Å². The summed E-state index contributed by atoms with van der Waals surface area (Å²) in [4.78, 5) is 13.3. The number of nitrogens with one attached hydrogen (secondary N) is 1. The molecular weight excluding hydrogens is 484 g/mol. The molecular formula is C27H42N8O3. The lowest BCUT2D eigenvalue weighted by molar-refractivity contribution is 0.170. The van der Waals surface area contributed by atoms with Gasteiger partial charge in [0.05, 0.1) is 43.1 Å². The van der Waals surface area contributed by atoms with Crippen LogP contribution in [0.15, 0.2) is 53.6 Å². The first-order valence-electron chi connectivity index (χ1n) is 12.2. The zero-order chi connectivity index (χ0) is 28.4. The predicted molar refractivity (Wildman–Crippen MR) is 157 cm³/mol. The van der Waals surface area contributed by atoms with Gasteiger partial charge in [0.2, 0.25) is 5.95 Å². The normalized spacial score (nSPS) is 12.8. The van der Waals surface area contributed by atoms with Crippen molar-refractivity contribution in [2.75, 3.05) is 76.5 Å². The number of hydrogen-bond donors (Lipinski definition) is 2. The van der Waals surface area contributed by atoms with Gasteiger partial charge in [0, 0.05) is 57.3 Å². The molecule has 0 amide bonds. The topological polar surface area (TPSA) is 114 Å². The van der Waals surface area contributed by atoms with E-state index in [1.807, 2.05) is 54.0 Å². The van der Waals surface area contributed by atoms with Crippen molar-refractivity contribution in [1.29, 1.82) is 0 Å². The molecule has 0 aliphatic carbocycles. The fourth-order valence-electron chi connectivity index (χ4n) is 3.37. The highest BCUT2D eigenvalue weighted by Crippen LogP contribution is 2.36. The van der Waals surface area contributed by atoms with E-state index in [2.05, 4.69) is 26.7 Å². The first-order chi connectivity index (χ1) is 18.0. The second-order valence-electron chi connectivity index (χ2n) is 9.09. The highest BCUT2D eigenvalue weighted by Gasteiger charge is 2.17. The van der Waals surface area contributed by atoms with Crippen LogP contribution in [0.2, 0.25) is 0 Å². The third-order valence-corrected chi connectivity index (χ3v) is 5.91. The van der Waals surface area contributed by atoms with Crippen molar-refractivity contribution in [3.8, 4) is 5.75 Å². The fraction of sp³-hybridized carbons (Fsp3) is 0.444. The molecule has 1 heterocycles. The number of methoxy groups -OCH3 is 3. The van der Waals surface area contributed by atoms with E-state index in [0.29, 0.717) is 34.6 Å². The molecule has 2 rings (SSSR count). The number of nitrogen functional groups attached to an aromatic ring is 1. The quantitative estimate of drug-likeness (QED) is 0.123. The summed E-state index contributed by atoms with van der Waals surface area (Å²) in [6.45, 7) is 11.3. The maximum absolute atomic E-state index is 6.42. The van der Waals surface area contributed by atoms with Gasteiger partial charge in [0.25, 0.3) is 0 Å². The van der Waals surface area contributed by atoms with Gasteiger partial charge in [-0.1, -0.05) is 6.58 Å². The van der Waals surface area contributed by atoms with Gasteiger partial charge in [-0.05, 0) is 40.9 Å². The van der Waals surface area contributed by atoms with Gasteiger partial charge in [-0.2, -0.15) is 10.1 Å². The van der Waals surface area contributed by atoms with Gasteiger partial charge in [-0.3, -0.25) is 0 Å². The predicted octanol–water partition coefficient (Wildman–Crippen LogP) is 4.09. The molecule has 38 heavy (non-hydrogen) atoms. The smallest absolute Gasteiger partial charge is 0.229 e. The molecule has 0 saturated carbocycles. The minimum Gasteiger partial charge on any atom is -0.497 e. The van der Waals surface area contributed by atoms with Crippen molar-refractivity contribution in [2.24, 2.45) is 5.10 Å². The molecule has 1 atom stereocenters. The Labute approximate surface area is 226 Å². The summed E-state index contributed by atoms with van der Waals surface area (Å²) in [7, 11) is 10.9. The number of likely N-dealkylation sites (N-methyl/N-ethyl adjacent to an activating group) is 2. The van der Waals surface area contributed by atoms with Crippen molar-refractivity contribution in [1.82, 2.24) is 14.9 Å². The van der Waals surface area contributed by atoms with Crippen molar-refractivity contribution in [2.45, 2.75) is 26.9 Å². The van der Waals surface area contributed by atoms with Crippen LogP contribution < -0.4 is 25.7 Å². The van der Waals surface area contributed by atoms with E-state index in [1.165, 1.54) is 0 Å². The summed E-state index contributed by atoms with van der Waals surface area (Å²) >= 11 is 0. The Hall–Kier alpha value is -3.83. The monoisotopic (exact) mass is 526 g/mol. The average molecular weight is 527 g/mol. The molecule has 1 aromatic heterocycles. The van der Waals surface area contributed by atoms with Crippen LogP contribution in [0.4, 0.5) is 28.8 Å². The number of anilines is 5. The van der Waals surface area contributed by atoms with Gasteiger partial charge in [-0.25, -0.2) is 9.99 Å². The summed E-state index contributed by atoms with van der Waals surface area (Å²) in [6.07, 6.45) is 3.25. The summed E-state index contributed by atoms with van der Waals surface area (Å²) in [5, 5.41) is 9.68. The molecule has 0 spiro atoms. The molecule has 3 N–H and O–H groups in total. The van der Waals surface area contributed by atoms with Gasteiger partial charge < -0.3 is 35.1 Å². The molecule has 208 valence electrons. The Morgan fingerprint density at radius 1 is 1.18 bits per heavy atom. The Morgan fingerprint density at radius 2 is 1.89 bits per heavy atom. The number of hydrogen-bond acceptors (Lipinski definition) is 11. The Morgan fingerprint density at radius 3 is 2.50 bits per heavy atom. The van der Waals surface area contributed by atoms with Gasteiger partial charge in [-0.15, -0.1) is 0 Å². The van der Waals surface area contributed by atoms with E-state index in [0.717, 1.165) is 30.2 Å². The molecule has 0 fully saturated rings. The molecule has 2 aromatic rings. The molecule has 11 nitrogen and oxygen atoms in total. The average Bonchev–Trinajstić information content (AvgIpc) is 2.89. The third-order valence-electron chi connectivity index (χ3n) is 5.91. The highest BCUT2D eigenvalue weighted by atomic mass is 16.5. The molecule has 0 aliphatic heterocycles. The lowest BCUT2D eigenvalue weighted by Crippen LogP contribution is -2.29. The SMILES string of the molecule is C=C(/C=C(\C)N(/N=C(/C)C(C)OC)c1ccnc(Nc2cc(N)c(N(C)CCN(C)C)cc2OC)n1)OC. The highest BCUT2D eigenvalue weighted by molar-refractivity contribution is 5.87. The number of ether oxygens (including phenoxy) is 3. The second-order valence-corrected chi connectivity index (χ2v) is 9.09. The van der Waals surface area contributed by atoms with Crippen LogP contribution in [-0.4, -0.2) is 82.2 Å². The van der Waals surface area contributed by atoms with E-state index in [-0.39, 0.29) is 6.10 Å². The second kappa shape index (κ2) is 14.2. The molecule has 0 bridgehead atoms. The van der Waals surface area contributed by atoms with Crippen LogP contribution in [0, 0.1) is 0 Å². The molecule has 1 aromatic carbocycles. The molecule has 11 heteroatoms. The molecule has 1 unspecified atom stereocenters. The zero-order valence-electron chi connectivity index (χ0n) is 24.1. The van der Waals surface area contributed by atoms with Crippen LogP contribution in [-0.2, 0) is 9.47 Å². The molecule has 0 radical (unpaired) electrons. The number of benzene rings is 1. The van der Waals surface area contributed by atoms with E-state index in [9.17, 15) is 0 Å². The summed E-state index contributed by atoms with van der Waals surface area (Å²) in [5.74, 6) is 2.00. The molecule has 0 saturated heterocycles. The summed E-state index contributed by atoms with van der Waals surface area (Å²) in [6, 6.07) is 5.50. The van der Waals surface area contributed by atoms with Crippen molar-refractivity contribution >= 4 is 34.5 Å². The van der Waals surface area contributed by atoms with E-state index in [1.54, 1.807) is 44.7 Å². The lowest BCUT2D eigenvalue weighted by Gasteiger charge is -2.24. The van der Waals surface area contributed by atoms with E-state index >= 15 is 0 Å². The zero-order valence-corrected chi connectivity index (χ0v) is 24.1. The number of nitrogens with zero attached hydrogens (tertiary/aromatic N) is 6. The fourth-order valence-corrected chi connectivity index (χ4v) is 3.37. The van der Waals surface area contributed by atoms with Crippen molar-refractivity contribution in [3.63, 3.8) is 0 Å². The largest absolute Gasteiger partial charge is 0.497 e. The lowest BCUT2D eigenvalue weighted by atomic mass is 10.2. The van der Waals surface area contributed by atoms with Crippen LogP contribution >= 0.6 is 0 Å². The molecule has 0 aliphatic rings. The Kier molecular flexibility index (Phi) is 11.4. The van der Waals surface area contributed by atoms with Crippen LogP contribution in [0.3, 0.4) is 0 Å². The van der Waals surface area contributed by atoms with Crippen LogP contribution in [0.5, 0.6) is 5.75 Å². The maximum Gasteiger partial charge on any atom is 0.229 e. The first-order valence-corrected chi connectivity index (χ1v) is 12.2. The van der Waals surface area contributed by atoms with E-state index < -0.39 is 0 Å². The number of aromatic nitrogens is 2. The minimum absolute atomic E-state index is 0.183. The third kappa shape index (κ3) is 8.35. The Balaban J connectivity index is 2.45. The number of nitrogens with two attached hydrogens (primary N) is 1. The Bertz CT molecular complexity index is 1150. The van der Waals surface area contributed by atoms with Gasteiger partial charge >= 0.3 is 0 Å². The summed E-state index contributed by atoms with van der Waals surface area (Å²) < 4.78 is 16.3. The minimum atomic E-state index is -0.183. The number of allylic oxidation sites excluding steroid dienone is 2. The number of rotatable bonds is 14.